The molecule has 1 aromatic heterocycles. The minimum atomic E-state index is 0.000990. The maximum Gasteiger partial charge on any atom is 0.292 e. The molecule has 2 bridgehead atoms. The SMILES string of the molecule is O=C(c1ccno1)N1C[C@@H]2C[C@H](C1)[C@@H]1CCC[C@H](c3ccccc3)N1C2. The molecule has 5 nitrogen and oxygen atoms in total. The molecule has 136 valence electrons. The summed E-state index contributed by atoms with van der Waals surface area (Å²) in [4.78, 5) is 17.5. The average Bonchev–Trinajstić information content (AvgIpc) is 3.22. The topological polar surface area (TPSA) is 49.6 Å². The Morgan fingerprint density at radius 2 is 1.96 bits per heavy atom. The molecule has 0 aliphatic carbocycles. The Labute approximate surface area is 153 Å². The van der Waals surface area contributed by atoms with Gasteiger partial charge in [-0.3, -0.25) is 9.69 Å². The lowest BCUT2D eigenvalue weighted by molar-refractivity contribution is -0.0517. The number of likely N-dealkylation sites (tertiary alicyclic amines) is 1. The highest BCUT2D eigenvalue weighted by Crippen LogP contribution is 2.44. The van der Waals surface area contributed by atoms with E-state index in [0.717, 1.165) is 19.6 Å². The molecule has 3 aliphatic rings. The van der Waals surface area contributed by atoms with E-state index in [1.807, 2.05) is 4.90 Å². The van der Waals surface area contributed by atoms with Crippen molar-refractivity contribution in [2.45, 2.75) is 37.8 Å². The van der Waals surface area contributed by atoms with E-state index in [0.29, 0.717) is 29.7 Å². The van der Waals surface area contributed by atoms with Crippen LogP contribution in [0.15, 0.2) is 47.1 Å². The molecule has 4 atom stereocenters. The van der Waals surface area contributed by atoms with Crippen LogP contribution in [0.4, 0.5) is 0 Å². The van der Waals surface area contributed by atoms with Crippen LogP contribution in [0.3, 0.4) is 0 Å². The summed E-state index contributed by atoms with van der Waals surface area (Å²) < 4.78 is 5.10. The van der Waals surface area contributed by atoms with Gasteiger partial charge in [-0.25, -0.2) is 0 Å². The van der Waals surface area contributed by atoms with Crippen LogP contribution in [0.5, 0.6) is 0 Å². The predicted octanol–water partition coefficient (Wildman–Crippen LogP) is 3.36. The molecule has 3 aliphatic heterocycles. The van der Waals surface area contributed by atoms with Crippen molar-refractivity contribution in [3.63, 3.8) is 0 Å². The number of rotatable bonds is 2. The lowest BCUT2D eigenvalue weighted by atomic mass is 9.74. The number of amides is 1. The van der Waals surface area contributed by atoms with Crippen LogP contribution in [-0.4, -0.2) is 46.5 Å². The van der Waals surface area contributed by atoms with E-state index in [1.54, 1.807) is 12.3 Å². The summed E-state index contributed by atoms with van der Waals surface area (Å²) in [6.07, 6.45) is 6.58. The molecular formula is C21H25N3O2. The number of carbonyl (C=O) groups is 1. The van der Waals surface area contributed by atoms with E-state index < -0.39 is 0 Å². The molecule has 0 spiro atoms. The third kappa shape index (κ3) is 2.75. The normalized spacial score (nSPS) is 31.5. The van der Waals surface area contributed by atoms with Crippen LogP contribution < -0.4 is 0 Å². The summed E-state index contributed by atoms with van der Waals surface area (Å²) in [6.45, 7) is 2.78. The maximum absolute atomic E-state index is 12.7. The van der Waals surface area contributed by atoms with Crippen LogP contribution in [0.2, 0.25) is 0 Å². The summed E-state index contributed by atoms with van der Waals surface area (Å²) in [5.41, 5.74) is 1.45. The molecule has 0 radical (unpaired) electrons. The Morgan fingerprint density at radius 1 is 1.08 bits per heavy atom. The molecule has 1 amide bonds. The standard InChI is InChI=1S/C21H25N3O2/c25-21(20-9-10-22-26-20)23-12-15-11-17(14-23)19-8-4-7-18(24(19)13-15)16-5-2-1-3-6-16/h1-3,5-6,9-10,15,17-19H,4,7-8,11-14H2/t15-,17+,18+,19-/m0/s1. The smallest absolute Gasteiger partial charge is 0.292 e. The van der Waals surface area contributed by atoms with Crippen molar-refractivity contribution in [2.75, 3.05) is 19.6 Å². The molecule has 3 saturated heterocycles. The van der Waals surface area contributed by atoms with Crippen molar-refractivity contribution in [1.82, 2.24) is 15.0 Å². The molecule has 4 heterocycles. The van der Waals surface area contributed by atoms with Gasteiger partial charge in [0.15, 0.2) is 0 Å². The molecule has 5 heteroatoms. The zero-order valence-electron chi connectivity index (χ0n) is 15.0. The fraction of sp³-hybridized carbons (Fsp3) is 0.524. The quantitative estimate of drug-likeness (QED) is 0.832. The first-order chi connectivity index (χ1) is 12.8. The number of hydrogen-bond acceptors (Lipinski definition) is 4. The summed E-state index contributed by atoms with van der Waals surface area (Å²) >= 11 is 0. The number of nitrogens with zero attached hydrogens (tertiary/aromatic N) is 3. The lowest BCUT2D eigenvalue weighted by Gasteiger charge is -2.55. The number of fused-ring (bicyclic) bond motifs is 4. The van der Waals surface area contributed by atoms with Crippen LogP contribution >= 0.6 is 0 Å². The van der Waals surface area contributed by atoms with Gasteiger partial charge in [0.1, 0.15) is 0 Å². The third-order valence-electron chi connectivity index (χ3n) is 6.51. The number of piperidine rings is 3. The van der Waals surface area contributed by atoms with E-state index in [4.69, 9.17) is 4.52 Å². The highest BCUT2D eigenvalue weighted by molar-refractivity contribution is 5.91. The molecule has 2 aromatic rings. The van der Waals surface area contributed by atoms with Gasteiger partial charge >= 0.3 is 0 Å². The van der Waals surface area contributed by atoms with Crippen LogP contribution in [0, 0.1) is 11.8 Å². The number of aromatic nitrogens is 1. The first-order valence-corrected chi connectivity index (χ1v) is 9.80. The second kappa shape index (κ2) is 6.54. The van der Waals surface area contributed by atoms with E-state index in [1.165, 1.54) is 31.2 Å². The minimum absolute atomic E-state index is 0.000990. The summed E-state index contributed by atoms with van der Waals surface area (Å²) in [7, 11) is 0. The molecule has 0 saturated carbocycles. The molecule has 0 unspecified atom stereocenters. The van der Waals surface area contributed by atoms with Gasteiger partial charge in [0.25, 0.3) is 5.91 Å². The predicted molar refractivity (Wildman–Crippen MR) is 97.5 cm³/mol. The van der Waals surface area contributed by atoms with E-state index >= 15 is 0 Å². The molecule has 1 aromatic carbocycles. The lowest BCUT2D eigenvalue weighted by Crippen LogP contribution is -2.60. The first-order valence-electron chi connectivity index (χ1n) is 9.80. The highest BCUT2D eigenvalue weighted by atomic mass is 16.5. The third-order valence-corrected chi connectivity index (χ3v) is 6.51. The van der Waals surface area contributed by atoms with Gasteiger partial charge in [-0.1, -0.05) is 35.5 Å². The Morgan fingerprint density at radius 3 is 2.77 bits per heavy atom. The molecule has 0 N–H and O–H groups in total. The van der Waals surface area contributed by atoms with Crippen molar-refractivity contribution in [3.05, 3.63) is 53.9 Å². The maximum atomic E-state index is 12.7. The molecule has 26 heavy (non-hydrogen) atoms. The second-order valence-electron chi connectivity index (χ2n) is 8.07. The van der Waals surface area contributed by atoms with Gasteiger partial charge in [0.2, 0.25) is 5.76 Å². The van der Waals surface area contributed by atoms with Gasteiger partial charge in [0.05, 0.1) is 6.20 Å². The Hall–Kier alpha value is -2.14. The molecule has 5 rings (SSSR count). The van der Waals surface area contributed by atoms with E-state index in [2.05, 4.69) is 40.4 Å². The largest absolute Gasteiger partial charge is 0.351 e. The number of hydrogen-bond donors (Lipinski definition) is 0. The van der Waals surface area contributed by atoms with Gasteiger partial charge in [-0.2, -0.15) is 0 Å². The fourth-order valence-corrected chi connectivity index (χ4v) is 5.49. The monoisotopic (exact) mass is 351 g/mol. The van der Waals surface area contributed by atoms with Gasteiger partial charge < -0.3 is 9.42 Å². The van der Waals surface area contributed by atoms with Crippen LogP contribution in [-0.2, 0) is 0 Å². The zero-order chi connectivity index (χ0) is 17.5. The highest BCUT2D eigenvalue weighted by Gasteiger charge is 2.46. The average molecular weight is 351 g/mol. The number of benzene rings is 1. The van der Waals surface area contributed by atoms with Gasteiger partial charge in [-0.15, -0.1) is 0 Å². The van der Waals surface area contributed by atoms with Gasteiger partial charge in [0, 0.05) is 37.8 Å². The Bertz CT molecular complexity index is 761. The van der Waals surface area contributed by atoms with Crippen molar-refractivity contribution in [1.29, 1.82) is 0 Å². The fourth-order valence-electron chi connectivity index (χ4n) is 5.49. The van der Waals surface area contributed by atoms with Crippen molar-refractivity contribution in [2.24, 2.45) is 11.8 Å². The minimum Gasteiger partial charge on any atom is -0.351 e. The summed E-state index contributed by atoms with van der Waals surface area (Å²) in [5.74, 6) is 1.50. The zero-order valence-corrected chi connectivity index (χ0v) is 15.0. The van der Waals surface area contributed by atoms with Crippen LogP contribution in [0.25, 0.3) is 0 Å². The van der Waals surface area contributed by atoms with Crippen LogP contribution in [0.1, 0.15) is 47.8 Å². The van der Waals surface area contributed by atoms with Crippen molar-refractivity contribution < 1.29 is 9.32 Å². The van der Waals surface area contributed by atoms with E-state index in [-0.39, 0.29) is 5.91 Å². The number of carbonyl (C=O) groups excluding carboxylic acids is 1. The van der Waals surface area contributed by atoms with E-state index in [9.17, 15) is 4.79 Å². The first kappa shape index (κ1) is 16.1. The molecule has 3 fully saturated rings. The second-order valence-corrected chi connectivity index (χ2v) is 8.07. The molecular weight excluding hydrogens is 326 g/mol. The van der Waals surface area contributed by atoms with Crippen molar-refractivity contribution in [3.8, 4) is 0 Å². The Kier molecular flexibility index (Phi) is 4.04. The summed E-state index contributed by atoms with van der Waals surface area (Å²) in [6, 6.07) is 13.8. The summed E-state index contributed by atoms with van der Waals surface area (Å²) in [5, 5.41) is 3.69. The Balaban J connectivity index is 1.37. The van der Waals surface area contributed by atoms with Crippen molar-refractivity contribution >= 4 is 5.91 Å². The van der Waals surface area contributed by atoms with Gasteiger partial charge in [-0.05, 0) is 43.1 Å².